The zero-order chi connectivity index (χ0) is 14.0. The molecule has 1 saturated heterocycles. The average Bonchev–Trinajstić information content (AvgIpc) is 2.44. The van der Waals surface area contributed by atoms with Crippen LogP contribution in [0.4, 0.5) is 0 Å². The van der Waals surface area contributed by atoms with Gasteiger partial charge in [-0.3, -0.25) is 0 Å². The van der Waals surface area contributed by atoms with Gasteiger partial charge in [-0.25, -0.2) is 0 Å². The predicted molar refractivity (Wildman–Crippen MR) is 80.3 cm³/mol. The Hall–Kier alpha value is -0.770. The molecule has 0 unspecified atom stereocenters. The number of nitrogens with zero attached hydrogens (tertiary/aromatic N) is 1. The van der Waals surface area contributed by atoms with E-state index in [-0.39, 0.29) is 0 Å². The van der Waals surface area contributed by atoms with Crippen LogP contribution in [0.1, 0.15) is 22.3 Å². The van der Waals surface area contributed by atoms with Crippen molar-refractivity contribution in [1.29, 1.82) is 0 Å². The maximum absolute atomic E-state index is 10.3. The van der Waals surface area contributed by atoms with E-state index >= 15 is 0 Å². The lowest BCUT2D eigenvalue weighted by Crippen LogP contribution is -2.44. The summed E-state index contributed by atoms with van der Waals surface area (Å²) < 4.78 is 0. The monoisotopic (exact) mass is 282 g/mol. The van der Waals surface area contributed by atoms with Gasteiger partial charge in [0.05, 0.1) is 0 Å². The van der Waals surface area contributed by atoms with E-state index in [0.29, 0.717) is 5.75 Å². The molecule has 0 atom stereocenters. The molecular weight excluding hydrogens is 260 g/mol. The lowest BCUT2D eigenvalue weighted by molar-refractivity contribution is 0.243. The first-order chi connectivity index (χ1) is 9.02. The van der Waals surface area contributed by atoms with Crippen LogP contribution in [0.15, 0.2) is 0 Å². The van der Waals surface area contributed by atoms with Crippen molar-refractivity contribution in [2.45, 2.75) is 27.2 Å². The second-order valence-corrected chi connectivity index (χ2v) is 5.74. The number of halogens is 1. The van der Waals surface area contributed by atoms with Crippen LogP contribution >= 0.6 is 11.6 Å². The molecule has 1 aromatic carbocycles. The van der Waals surface area contributed by atoms with E-state index in [1.807, 2.05) is 20.8 Å². The zero-order valence-electron chi connectivity index (χ0n) is 12.0. The summed E-state index contributed by atoms with van der Waals surface area (Å²) in [6.07, 6.45) is 0.860. The van der Waals surface area contributed by atoms with Crippen LogP contribution in [0.25, 0.3) is 0 Å². The van der Waals surface area contributed by atoms with Crippen molar-refractivity contribution in [1.82, 2.24) is 10.2 Å². The first-order valence-electron chi connectivity index (χ1n) is 6.92. The van der Waals surface area contributed by atoms with Crippen molar-refractivity contribution in [2.75, 3.05) is 32.7 Å². The minimum atomic E-state index is 0.425. The summed E-state index contributed by atoms with van der Waals surface area (Å²) in [5.41, 5.74) is 3.93. The van der Waals surface area contributed by atoms with Gasteiger partial charge in [0, 0.05) is 37.7 Å². The first kappa shape index (κ1) is 14.6. The van der Waals surface area contributed by atoms with E-state index in [0.717, 1.165) is 66.4 Å². The van der Waals surface area contributed by atoms with Crippen molar-refractivity contribution in [3.63, 3.8) is 0 Å². The van der Waals surface area contributed by atoms with Crippen molar-refractivity contribution < 1.29 is 5.11 Å². The number of benzene rings is 1. The Morgan fingerprint density at radius 2 is 1.74 bits per heavy atom. The van der Waals surface area contributed by atoms with Crippen molar-refractivity contribution in [3.05, 3.63) is 27.3 Å². The van der Waals surface area contributed by atoms with Gasteiger partial charge >= 0.3 is 0 Å². The Morgan fingerprint density at radius 3 is 2.37 bits per heavy atom. The van der Waals surface area contributed by atoms with E-state index < -0.39 is 0 Å². The molecule has 0 aliphatic carbocycles. The summed E-state index contributed by atoms with van der Waals surface area (Å²) in [6.45, 7) is 11.2. The molecule has 0 amide bonds. The van der Waals surface area contributed by atoms with E-state index in [1.54, 1.807) is 0 Å². The molecule has 19 heavy (non-hydrogen) atoms. The maximum Gasteiger partial charge on any atom is 0.122 e. The Bertz CT molecular complexity index is 439. The lowest BCUT2D eigenvalue weighted by atomic mass is 9.96. The standard InChI is InChI=1S/C15H23ClN2O/c1-10-11(2)15(19)13(12(3)14(10)16)4-7-18-8-5-17-6-9-18/h17,19H,4-9H2,1-3H3. The molecule has 4 heteroatoms. The van der Waals surface area contributed by atoms with Crippen LogP contribution in [0.5, 0.6) is 5.75 Å². The molecule has 0 saturated carbocycles. The highest BCUT2D eigenvalue weighted by atomic mass is 35.5. The quantitative estimate of drug-likeness (QED) is 0.894. The SMILES string of the molecule is Cc1c(C)c(Cl)c(C)c(CCN2CCNCC2)c1O. The van der Waals surface area contributed by atoms with Crippen LogP contribution in [0, 0.1) is 20.8 Å². The van der Waals surface area contributed by atoms with Gasteiger partial charge in [0.15, 0.2) is 0 Å². The average molecular weight is 283 g/mol. The molecule has 1 aliphatic heterocycles. The number of rotatable bonds is 3. The minimum Gasteiger partial charge on any atom is -0.507 e. The first-order valence-corrected chi connectivity index (χ1v) is 7.30. The van der Waals surface area contributed by atoms with Crippen molar-refractivity contribution in [3.8, 4) is 5.75 Å². The van der Waals surface area contributed by atoms with Crippen molar-refractivity contribution >= 4 is 11.6 Å². The lowest BCUT2D eigenvalue weighted by Gasteiger charge is -2.27. The highest BCUT2D eigenvalue weighted by Crippen LogP contribution is 2.35. The van der Waals surface area contributed by atoms with Gasteiger partial charge in [0.2, 0.25) is 0 Å². The Morgan fingerprint density at radius 1 is 1.11 bits per heavy atom. The van der Waals surface area contributed by atoms with Crippen LogP contribution in [-0.4, -0.2) is 42.7 Å². The Kier molecular flexibility index (Phi) is 4.71. The number of hydrogen-bond acceptors (Lipinski definition) is 3. The van der Waals surface area contributed by atoms with Crippen LogP contribution in [-0.2, 0) is 6.42 Å². The van der Waals surface area contributed by atoms with E-state index in [1.165, 1.54) is 0 Å². The number of hydrogen-bond donors (Lipinski definition) is 2. The maximum atomic E-state index is 10.3. The molecule has 1 aromatic rings. The van der Waals surface area contributed by atoms with Gasteiger partial charge in [-0.1, -0.05) is 11.6 Å². The molecule has 1 fully saturated rings. The summed E-state index contributed by atoms with van der Waals surface area (Å²) in [5.74, 6) is 0.425. The third-order valence-corrected chi connectivity index (χ3v) is 4.77. The molecule has 2 rings (SSSR count). The summed E-state index contributed by atoms with van der Waals surface area (Å²) in [7, 11) is 0. The summed E-state index contributed by atoms with van der Waals surface area (Å²) >= 11 is 6.35. The Balaban J connectivity index is 2.15. The van der Waals surface area contributed by atoms with E-state index in [9.17, 15) is 5.11 Å². The number of nitrogens with one attached hydrogen (secondary N) is 1. The summed E-state index contributed by atoms with van der Waals surface area (Å²) in [5, 5.41) is 14.5. The number of aromatic hydroxyl groups is 1. The predicted octanol–water partition coefficient (Wildman–Crippen LogP) is 2.42. The van der Waals surface area contributed by atoms with Gasteiger partial charge < -0.3 is 15.3 Å². The van der Waals surface area contributed by atoms with Crippen LogP contribution in [0.2, 0.25) is 5.02 Å². The van der Waals surface area contributed by atoms with Gasteiger partial charge in [0.1, 0.15) is 5.75 Å². The second-order valence-electron chi connectivity index (χ2n) is 5.36. The normalized spacial score (nSPS) is 16.8. The number of phenols is 1. The van der Waals surface area contributed by atoms with Crippen LogP contribution < -0.4 is 5.32 Å². The fourth-order valence-corrected chi connectivity index (χ4v) is 2.93. The fourth-order valence-electron chi connectivity index (χ4n) is 2.67. The molecule has 1 aliphatic rings. The highest BCUT2D eigenvalue weighted by Gasteiger charge is 2.17. The second kappa shape index (κ2) is 6.12. The van der Waals surface area contributed by atoms with E-state index in [2.05, 4.69) is 10.2 Å². The molecule has 106 valence electrons. The third-order valence-electron chi connectivity index (χ3n) is 4.20. The van der Waals surface area contributed by atoms with Crippen LogP contribution in [0.3, 0.4) is 0 Å². The summed E-state index contributed by atoms with van der Waals surface area (Å²) in [4.78, 5) is 2.43. The smallest absolute Gasteiger partial charge is 0.122 e. The molecule has 0 aromatic heterocycles. The largest absolute Gasteiger partial charge is 0.507 e. The number of piperazine rings is 1. The topological polar surface area (TPSA) is 35.5 Å². The highest BCUT2D eigenvalue weighted by molar-refractivity contribution is 6.32. The molecule has 0 radical (unpaired) electrons. The molecular formula is C15H23ClN2O. The van der Waals surface area contributed by atoms with Crippen molar-refractivity contribution in [2.24, 2.45) is 0 Å². The number of phenolic OH excluding ortho intramolecular Hbond substituents is 1. The van der Waals surface area contributed by atoms with E-state index in [4.69, 9.17) is 11.6 Å². The van der Waals surface area contributed by atoms with Gasteiger partial charge in [-0.05, 0) is 49.4 Å². The molecule has 3 nitrogen and oxygen atoms in total. The van der Waals surface area contributed by atoms with Gasteiger partial charge in [-0.15, -0.1) is 0 Å². The van der Waals surface area contributed by atoms with Gasteiger partial charge in [0.25, 0.3) is 0 Å². The third kappa shape index (κ3) is 3.04. The molecule has 0 spiro atoms. The molecule has 0 bridgehead atoms. The molecule has 2 N–H and O–H groups in total. The van der Waals surface area contributed by atoms with Gasteiger partial charge in [-0.2, -0.15) is 0 Å². The fraction of sp³-hybridized carbons (Fsp3) is 0.600. The minimum absolute atomic E-state index is 0.425. The molecule has 1 heterocycles. The summed E-state index contributed by atoms with van der Waals surface area (Å²) in [6, 6.07) is 0. The zero-order valence-corrected chi connectivity index (χ0v) is 12.8. The Labute approximate surface area is 120 Å².